The molecule has 44 heavy (non-hydrogen) atoms. The summed E-state index contributed by atoms with van der Waals surface area (Å²) in [6.45, 7) is -5.84. The second-order valence-corrected chi connectivity index (χ2v) is 11.1. The fourth-order valence-corrected chi connectivity index (χ4v) is 6.89. The van der Waals surface area contributed by atoms with E-state index in [9.17, 15) is 0 Å². The summed E-state index contributed by atoms with van der Waals surface area (Å²) in [7, 11) is 0. The minimum absolute atomic E-state index is 0.0317. The monoisotopic (exact) mass is 573 g/mol. The van der Waals surface area contributed by atoms with Crippen LogP contribution < -0.4 is 0 Å². The van der Waals surface area contributed by atoms with Gasteiger partial charge in [-0.05, 0) is 85.2 Å². The van der Waals surface area contributed by atoms with E-state index in [2.05, 4.69) is 0 Å². The Bertz CT molecular complexity index is 2820. The van der Waals surface area contributed by atoms with Crippen LogP contribution in [-0.4, -0.2) is 9.55 Å². The summed E-state index contributed by atoms with van der Waals surface area (Å²) in [5.41, 5.74) is 2.44. The molecule has 1 aromatic heterocycles. The van der Waals surface area contributed by atoms with Gasteiger partial charge in [0.05, 0.1) is 17.9 Å². The third kappa shape index (κ3) is 3.46. The van der Waals surface area contributed by atoms with Crippen LogP contribution in [0.4, 0.5) is 0 Å². The number of hydrogen-bond acceptors (Lipinski definition) is 1. The number of aromatic nitrogens is 2. The smallest absolute Gasteiger partial charge is 0.146 e. The van der Waals surface area contributed by atoms with Gasteiger partial charge in [-0.1, -0.05) is 129 Å². The Labute approximate surface area is 272 Å². The Morgan fingerprint density at radius 1 is 0.614 bits per heavy atom. The molecule has 1 aliphatic rings. The highest BCUT2D eigenvalue weighted by Crippen LogP contribution is 2.51. The van der Waals surface area contributed by atoms with Crippen molar-refractivity contribution in [3.63, 3.8) is 0 Å². The number of para-hydroxylation sites is 3. The van der Waals surface area contributed by atoms with Gasteiger partial charge in [-0.2, -0.15) is 0 Å². The zero-order valence-electron chi connectivity index (χ0n) is 34.4. The molecule has 0 radical (unpaired) electrons. The second-order valence-electron chi connectivity index (χ2n) is 11.1. The van der Waals surface area contributed by atoms with Crippen molar-refractivity contribution in [1.29, 1.82) is 0 Å². The molecule has 0 N–H and O–H groups in total. The molecule has 0 amide bonds. The first-order valence-electron chi connectivity index (χ1n) is 19.9. The first-order valence-corrected chi connectivity index (χ1v) is 14.4. The molecule has 208 valence electrons. The first kappa shape index (κ1) is 16.4. The molecule has 2 nitrogen and oxygen atoms in total. The number of nitrogens with zero attached hydrogens (tertiary/aromatic N) is 2. The van der Waals surface area contributed by atoms with E-state index >= 15 is 0 Å². The van der Waals surface area contributed by atoms with Crippen LogP contribution in [-0.2, 0) is 5.41 Å². The van der Waals surface area contributed by atoms with Crippen molar-refractivity contribution < 1.29 is 15.1 Å². The maximum atomic E-state index is 8.95. The molecule has 0 atom stereocenters. The van der Waals surface area contributed by atoms with Crippen LogP contribution in [0.15, 0.2) is 145 Å². The molecule has 7 aromatic carbocycles. The van der Waals surface area contributed by atoms with Crippen molar-refractivity contribution in [2.75, 3.05) is 0 Å². The molecule has 0 spiro atoms. The van der Waals surface area contributed by atoms with Gasteiger partial charge in [0.25, 0.3) is 0 Å². The minimum atomic E-state index is -2.92. The van der Waals surface area contributed by atoms with E-state index in [0.29, 0.717) is 39.1 Å². The normalized spacial score (nSPS) is 17.6. The maximum Gasteiger partial charge on any atom is 0.146 e. The molecule has 0 saturated heterocycles. The van der Waals surface area contributed by atoms with Crippen LogP contribution in [0, 0.1) is 0 Å². The Morgan fingerprint density at radius 2 is 1.23 bits per heavy atom. The number of fused-ring (bicyclic) bond motifs is 6. The van der Waals surface area contributed by atoms with Crippen molar-refractivity contribution in [3.8, 4) is 39.3 Å². The van der Waals surface area contributed by atoms with Gasteiger partial charge in [0, 0.05) is 24.9 Å². The van der Waals surface area contributed by atoms with Gasteiger partial charge in [-0.3, -0.25) is 4.57 Å². The zero-order valence-corrected chi connectivity index (χ0v) is 23.4. The summed E-state index contributed by atoms with van der Waals surface area (Å²) >= 11 is 0. The molecule has 0 aliphatic heterocycles. The molecule has 0 saturated carbocycles. The third-order valence-electron chi connectivity index (χ3n) is 8.76. The largest absolute Gasteiger partial charge is 0.292 e. The van der Waals surface area contributed by atoms with E-state index < -0.39 is 37.2 Å². The van der Waals surface area contributed by atoms with Crippen molar-refractivity contribution in [2.24, 2.45) is 0 Å². The molecule has 2 heteroatoms. The van der Waals surface area contributed by atoms with Gasteiger partial charge in [0.1, 0.15) is 5.82 Å². The summed E-state index contributed by atoms with van der Waals surface area (Å²) in [5.74, 6) is 0.368. The predicted molar refractivity (Wildman–Crippen MR) is 185 cm³/mol. The second kappa shape index (κ2) is 9.26. The topological polar surface area (TPSA) is 17.8 Å². The van der Waals surface area contributed by atoms with Crippen molar-refractivity contribution in [1.82, 2.24) is 9.55 Å². The lowest BCUT2D eigenvalue weighted by Gasteiger charge is -2.23. The van der Waals surface area contributed by atoms with Gasteiger partial charge in [-0.25, -0.2) is 4.98 Å². The summed E-state index contributed by atoms with van der Waals surface area (Å²) in [4.78, 5) is 5.07. The molecule has 1 heterocycles. The number of benzene rings is 7. The number of hydrogen-bond donors (Lipinski definition) is 0. The number of imidazole rings is 1. The van der Waals surface area contributed by atoms with Crippen LogP contribution in [0.2, 0.25) is 0 Å². The fourth-order valence-electron chi connectivity index (χ4n) is 6.89. The van der Waals surface area contributed by atoms with Gasteiger partial charge in [0.15, 0.2) is 0 Å². The highest BCUT2D eigenvalue weighted by atomic mass is 15.1. The molecule has 0 fully saturated rings. The van der Waals surface area contributed by atoms with Gasteiger partial charge < -0.3 is 0 Å². The van der Waals surface area contributed by atoms with E-state index in [4.69, 9.17) is 20.1 Å². The van der Waals surface area contributed by atoms with Crippen LogP contribution in [0.25, 0.3) is 71.9 Å². The Kier molecular flexibility index (Phi) is 3.45. The molecule has 8 aromatic rings. The van der Waals surface area contributed by atoms with Gasteiger partial charge in [0.2, 0.25) is 0 Å². The Hall–Kier alpha value is -5.47. The third-order valence-corrected chi connectivity index (χ3v) is 8.76. The van der Waals surface area contributed by atoms with Crippen LogP contribution in [0.3, 0.4) is 0 Å². The zero-order chi connectivity index (χ0) is 38.8. The predicted octanol–water partition coefficient (Wildman–Crippen LogP) is 11.0. The van der Waals surface area contributed by atoms with Crippen LogP contribution >= 0.6 is 0 Å². The van der Waals surface area contributed by atoms with Gasteiger partial charge in [-0.15, -0.1) is 0 Å². The minimum Gasteiger partial charge on any atom is -0.292 e. The average Bonchev–Trinajstić information content (AvgIpc) is 3.69. The highest BCUT2D eigenvalue weighted by molar-refractivity contribution is 6.21. The summed E-state index contributed by atoms with van der Waals surface area (Å²) in [6.07, 6.45) is 0. The quantitative estimate of drug-likeness (QED) is 0.192. The van der Waals surface area contributed by atoms with Gasteiger partial charge >= 0.3 is 0 Å². The molecule has 1 aliphatic carbocycles. The van der Waals surface area contributed by atoms with Crippen LogP contribution in [0.1, 0.15) is 39.9 Å². The van der Waals surface area contributed by atoms with E-state index in [1.54, 1.807) is 41.0 Å². The fraction of sp³-hybridized carbons (Fsp3) is 0.0714. The van der Waals surface area contributed by atoms with Crippen molar-refractivity contribution in [2.45, 2.75) is 19.1 Å². The molecular weight excluding hydrogens is 532 g/mol. The molecule has 9 rings (SSSR count). The number of rotatable bonds is 3. The van der Waals surface area contributed by atoms with E-state index in [1.165, 1.54) is 0 Å². The molecule has 0 unspecified atom stereocenters. The Balaban J connectivity index is 1.40. The maximum absolute atomic E-state index is 8.95. The summed E-state index contributed by atoms with van der Waals surface area (Å²) in [6, 6.07) is 32.7. The lowest BCUT2D eigenvalue weighted by atomic mass is 9.80. The van der Waals surface area contributed by atoms with Crippen LogP contribution in [0.5, 0.6) is 0 Å². The summed E-state index contributed by atoms with van der Waals surface area (Å²) in [5, 5.41) is 3.00. The molecular formula is C42H30N2. The highest BCUT2D eigenvalue weighted by Gasteiger charge is 2.35. The lowest BCUT2D eigenvalue weighted by Crippen LogP contribution is -2.14. The van der Waals surface area contributed by atoms with E-state index in [0.717, 1.165) is 27.1 Å². The van der Waals surface area contributed by atoms with E-state index in [-0.39, 0.29) is 28.9 Å². The summed E-state index contributed by atoms with van der Waals surface area (Å²) < 4.78 is 97.4. The Morgan fingerprint density at radius 3 is 1.95 bits per heavy atom. The van der Waals surface area contributed by atoms with E-state index in [1.807, 2.05) is 78.9 Å². The average molecular weight is 574 g/mol. The molecule has 0 bridgehead atoms. The first-order chi connectivity index (χ1) is 26.2. The van der Waals surface area contributed by atoms with Crippen molar-refractivity contribution in [3.05, 3.63) is 157 Å². The lowest BCUT2D eigenvalue weighted by molar-refractivity contribution is 0.660. The van der Waals surface area contributed by atoms with Crippen molar-refractivity contribution >= 4 is 32.6 Å². The standard InChI is InChI=1S/C42H30N2/c1-42(2)35-21-11-10-16-29(35)30-25-24-27(26-36(30)42)39-31-17-6-8-19-33(31)40(34-20-9-7-18-32(34)39)41-43-37-22-12-13-23-38(37)44(41)28-14-4-3-5-15-28/h3-26H,1-2H3/i1D3,2D3,3D,4D,5D,14D,15D. The SMILES string of the molecule is [2H]c1c([2H])c([2H])c(-n2c(-c3c4ccccc4c(-c4ccc5c(c4)C(C([2H])([2H])[2H])(C([2H])([2H])[2H])c4ccccc4-5)c4ccccc34)nc3ccccc32)c([2H])c1[2H].